The van der Waals surface area contributed by atoms with E-state index in [1.54, 1.807) is 32.3 Å². The van der Waals surface area contributed by atoms with Crippen molar-refractivity contribution in [2.75, 3.05) is 61.5 Å². The third-order valence-electron chi connectivity index (χ3n) is 10.1. The normalized spacial score (nSPS) is 13.6. The van der Waals surface area contributed by atoms with Gasteiger partial charge in [-0.15, -0.1) is 0 Å². The number of nitrogens with one attached hydrogen (secondary N) is 3. The SMILES string of the molecule is CCOC(=O)c1cn(C)nc1Nc1cc(N2CCC(C(=O)NCCCOCCCNc3ccc([N+](=O)[O-])cc3[N+](=O)[O-])CC2)c2noc3c2c1C(=O)c1ccccc1-3. The van der Waals surface area contributed by atoms with Crippen LogP contribution in [-0.4, -0.2) is 88.4 Å². The number of non-ortho nitro benzene ring substituents is 1. The molecule has 1 amide bonds. The maximum absolute atomic E-state index is 14.1. The molecule has 3 heterocycles. The van der Waals surface area contributed by atoms with Gasteiger partial charge in [0.1, 0.15) is 16.8 Å². The molecule has 0 radical (unpaired) electrons. The van der Waals surface area contributed by atoms with Crippen molar-refractivity contribution in [3.8, 4) is 11.3 Å². The molecule has 0 saturated carbocycles. The van der Waals surface area contributed by atoms with E-state index < -0.39 is 15.8 Å². The number of benzene rings is 3. The Bertz CT molecular complexity index is 2400. The summed E-state index contributed by atoms with van der Waals surface area (Å²) >= 11 is 0. The van der Waals surface area contributed by atoms with Crippen LogP contribution in [0.4, 0.5) is 34.3 Å². The number of ketones is 1. The van der Waals surface area contributed by atoms with Crippen molar-refractivity contribution < 1.29 is 38.2 Å². The van der Waals surface area contributed by atoms with Crippen molar-refractivity contribution in [3.63, 3.8) is 0 Å². The van der Waals surface area contributed by atoms with E-state index in [1.165, 1.54) is 16.8 Å². The van der Waals surface area contributed by atoms with Crippen molar-refractivity contribution in [1.29, 1.82) is 0 Å². The Morgan fingerprint density at radius 3 is 2.45 bits per heavy atom. The quantitative estimate of drug-likeness (QED) is 0.0431. The predicted molar refractivity (Wildman–Crippen MR) is 212 cm³/mol. The minimum absolute atomic E-state index is 0.0432. The van der Waals surface area contributed by atoms with Crippen LogP contribution in [0.15, 0.2) is 59.3 Å². The number of carbonyl (C=O) groups is 3. The zero-order chi connectivity index (χ0) is 40.9. The van der Waals surface area contributed by atoms with Crippen molar-refractivity contribution in [2.45, 2.75) is 32.6 Å². The third kappa shape index (κ3) is 8.01. The summed E-state index contributed by atoms with van der Waals surface area (Å²) in [7, 11) is 1.69. The minimum Gasteiger partial charge on any atom is -0.462 e. The van der Waals surface area contributed by atoms with E-state index in [0.29, 0.717) is 110 Å². The van der Waals surface area contributed by atoms with Crippen molar-refractivity contribution in [3.05, 3.63) is 91.6 Å². The van der Waals surface area contributed by atoms with Gasteiger partial charge in [-0.3, -0.25) is 34.5 Å². The molecule has 0 bridgehead atoms. The van der Waals surface area contributed by atoms with Gasteiger partial charge in [0.15, 0.2) is 17.4 Å². The number of hydrogen-bond donors (Lipinski definition) is 3. The molecule has 3 aromatic carbocycles. The second-order valence-electron chi connectivity index (χ2n) is 13.9. The molecule has 19 nitrogen and oxygen atoms in total. The molecule has 1 fully saturated rings. The highest BCUT2D eigenvalue weighted by molar-refractivity contribution is 6.29. The number of hydrogen-bond acceptors (Lipinski definition) is 15. The van der Waals surface area contributed by atoms with E-state index >= 15 is 0 Å². The van der Waals surface area contributed by atoms with Crippen LogP contribution < -0.4 is 20.9 Å². The summed E-state index contributed by atoms with van der Waals surface area (Å²) in [6.07, 6.45) is 3.85. The molecule has 0 atom stereocenters. The Morgan fingerprint density at radius 1 is 0.983 bits per heavy atom. The number of nitro benzene ring substituents is 2. The molecular formula is C39H41N9O10. The summed E-state index contributed by atoms with van der Waals surface area (Å²) in [5.41, 5.74) is 2.83. The number of esters is 1. The lowest BCUT2D eigenvalue weighted by molar-refractivity contribution is -0.393. The Morgan fingerprint density at radius 2 is 1.72 bits per heavy atom. The van der Waals surface area contributed by atoms with E-state index in [-0.39, 0.29) is 52.7 Å². The number of aromatic nitrogens is 3. The van der Waals surface area contributed by atoms with Crippen LogP contribution in [0, 0.1) is 26.1 Å². The van der Waals surface area contributed by atoms with E-state index in [1.807, 2.05) is 18.2 Å². The van der Waals surface area contributed by atoms with E-state index in [0.717, 1.165) is 6.07 Å². The highest BCUT2D eigenvalue weighted by Gasteiger charge is 2.35. The lowest BCUT2D eigenvalue weighted by atomic mass is 9.86. The first-order valence-electron chi connectivity index (χ1n) is 18.9. The summed E-state index contributed by atoms with van der Waals surface area (Å²) in [6, 6.07) is 12.5. The number of carbonyl (C=O) groups excluding carboxylic acids is 3. The number of anilines is 4. The van der Waals surface area contributed by atoms with Crippen molar-refractivity contribution >= 4 is 62.8 Å². The maximum atomic E-state index is 14.1. The molecule has 3 N–H and O–H groups in total. The van der Waals surface area contributed by atoms with Gasteiger partial charge in [-0.2, -0.15) is 5.10 Å². The Labute approximate surface area is 330 Å². The first-order valence-corrected chi connectivity index (χ1v) is 18.9. The molecule has 302 valence electrons. The van der Waals surface area contributed by atoms with Gasteiger partial charge < -0.3 is 34.8 Å². The van der Waals surface area contributed by atoms with Crippen LogP contribution in [0.2, 0.25) is 0 Å². The van der Waals surface area contributed by atoms with Crippen LogP contribution >= 0.6 is 0 Å². The molecule has 5 aromatic rings. The molecule has 1 aliphatic carbocycles. The number of piperidine rings is 1. The van der Waals surface area contributed by atoms with Gasteiger partial charge in [0.25, 0.3) is 11.4 Å². The minimum atomic E-state index is -0.682. The molecule has 0 spiro atoms. The number of ether oxygens (including phenoxy) is 2. The third-order valence-corrected chi connectivity index (χ3v) is 10.1. The van der Waals surface area contributed by atoms with E-state index in [2.05, 4.69) is 31.1 Å². The van der Waals surface area contributed by atoms with Gasteiger partial charge in [0.05, 0.1) is 44.8 Å². The second kappa shape index (κ2) is 17.1. The lowest BCUT2D eigenvalue weighted by Gasteiger charge is -2.33. The van der Waals surface area contributed by atoms with Gasteiger partial charge in [-0.1, -0.05) is 29.4 Å². The van der Waals surface area contributed by atoms with E-state index in [4.69, 9.17) is 14.0 Å². The highest BCUT2D eigenvalue weighted by atomic mass is 16.6. The van der Waals surface area contributed by atoms with Crippen molar-refractivity contribution in [1.82, 2.24) is 20.3 Å². The first kappa shape index (κ1) is 39.3. The predicted octanol–water partition coefficient (Wildman–Crippen LogP) is 5.75. The average molecular weight is 796 g/mol. The molecule has 58 heavy (non-hydrogen) atoms. The molecule has 1 saturated heterocycles. The Kier molecular flexibility index (Phi) is 11.6. The van der Waals surface area contributed by atoms with Crippen LogP contribution in [0.1, 0.15) is 58.9 Å². The summed E-state index contributed by atoms with van der Waals surface area (Å²) in [5, 5.41) is 40.9. The van der Waals surface area contributed by atoms with Crippen molar-refractivity contribution in [2.24, 2.45) is 13.0 Å². The number of fused-ring (bicyclic) bond motifs is 2. The molecule has 0 unspecified atom stereocenters. The fourth-order valence-corrected chi connectivity index (χ4v) is 7.29. The number of nitro groups is 2. The molecule has 19 heteroatoms. The monoisotopic (exact) mass is 795 g/mol. The van der Waals surface area contributed by atoms with Crippen LogP contribution in [0.3, 0.4) is 0 Å². The van der Waals surface area contributed by atoms with Gasteiger partial charge >= 0.3 is 5.97 Å². The molecular weight excluding hydrogens is 754 g/mol. The molecule has 2 aliphatic rings. The zero-order valence-electron chi connectivity index (χ0n) is 31.8. The summed E-state index contributed by atoms with van der Waals surface area (Å²) in [5.74, 6) is -0.313. The summed E-state index contributed by atoms with van der Waals surface area (Å²) < 4.78 is 18.3. The van der Waals surface area contributed by atoms with Gasteiger partial charge in [-0.25, -0.2) is 4.79 Å². The largest absolute Gasteiger partial charge is 0.462 e. The number of aryl methyl sites for hydroxylation is 1. The first-order chi connectivity index (χ1) is 28.0. The maximum Gasteiger partial charge on any atom is 0.343 e. The Hall–Kier alpha value is -6.89. The van der Waals surface area contributed by atoms with Crippen LogP contribution in [0.25, 0.3) is 22.2 Å². The van der Waals surface area contributed by atoms with Gasteiger partial charge in [0.2, 0.25) is 5.91 Å². The average Bonchev–Trinajstić information content (AvgIpc) is 3.83. The number of rotatable bonds is 17. The number of nitrogens with zero attached hydrogens (tertiary/aromatic N) is 6. The number of amides is 1. The summed E-state index contributed by atoms with van der Waals surface area (Å²) in [4.78, 5) is 63.1. The summed E-state index contributed by atoms with van der Waals surface area (Å²) in [6.45, 7) is 4.57. The fraction of sp³-hybridized carbons (Fsp3) is 0.359. The highest BCUT2D eigenvalue weighted by Crippen LogP contribution is 2.47. The lowest BCUT2D eigenvalue weighted by Crippen LogP contribution is -2.41. The standard InChI is InChI=1S/C39H41N9O10/c1-3-57-39(51)27-22-45(2)43-37(27)42-29-21-31(34-33-32(29)35(49)25-8-4-5-9-26(25)36(33)58-44-34)46-16-12-23(13-17-46)38(50)41-15-7-19-56-18-6-14-40-28-11-10-24(47(52)53)20-30(28)48(54)55/h4-5,8-11,20-23,40H,3,6-7,12-19H2,1-2H3,(H,41,50)(H,42,43). The molecule has 7 rings (SSSR count). The second-order valence-corrected chi connectivity index (χ2v) is 13.9. The topological polar surface area (TPSA) is 239 Å². The van der Waals surface area contributed by atoms with Crippen LogP contribution in [0.5, 0.6) is 0 Å². The van der Waals surface area contributed by atoms with Crippen LogP contribution in [-0.2, 0) is 21.3 Å². The zero-order valence-corrected chi connectivity index (χ0v) is 31.8. The fourth-order valence-electron chi connectivity index (χ4n) is 7.29. The Balaban J connectivity index is 0.946. The van der Waals surface area contributed by atoms with E-state index in [9.17, 15) is 34.6 Å². The van der Waals surface area contributed by atoms with Gasteiger partial charge in [-0.05, 0) is 44.7 Å². The smallest absolute Gasteiger partial charge is 0.343 e. The molecule has 2 aromatic heterocycles. The van der Waals surface area contributed by atoms with Gasteiger partial charge in [0, 0.05) is 75.7 Å². The molecule has 1 aliphatic heterocycles.